The number of aryl methyl sites for hydroxylation is 1. The topological polar surface area (TPSA) is 42.2 Å². The summed E-state index contributed by atoms with van der Waals surface area (Å²) in [6.45, 7) is 1.94. The Bertz CT molecular complexity index is 366. The fraction of sp³-hybridized carbons (Fsp3) is 0.364. The number of hydrogen-bond acceptors (Lipinski definition) is 3. The van der Waals surface area contributed by atoms with Crippen LogP contribution in [0, 0.1) is 18.3 Å². The quantitative estimate of drug-likeness (QED) is 0.734. The molecular formula is C11H13NO2. The van der Waals surface area contributed by atoms with E-state index in [1.807, 2.05) is 19.1 Å². The minimum absolute atomic E-state index is 0.333. The molecule has 1 aromatic rings. The van der Waals surface area contributed by atoms with Gasteiger partial charge in [-0.3, -0.25) is 0 Å². The Balaban J connectivity index is 3.27. The van der Waals surface area contributed by atoms with E-state index in [-0.39, 0.29) is 0 Å². The maximum absolute atomic E-state index is 8.63. The van der Waals surface area contributed by atoms with Crippen molar-refractivity contribution in [2.75, 3.05) is 14.2 Å². The van der Waals surface area contributed by atoms with Crippen LogP contribution in [0.15, 0.2) is 12.1 Å². The lowest BCUT2D eigenvalue weighted by Crippen LogP contribution is -1.97. The van der Waals surface area contributed by atoms with Gasteiger partial charge in [-0.15, -0.1) is 0 Å². The van der Waals surface area contributed by atoms with Gasteiger partial charge >= 0.3 is 0 Å². The SMILES string of the molecule is COc1c(C)ccc(CC#N)c1OC. The molecule has 0 atom stereocenters. The van der Waals surface area contributed by atoms with Crippen molar-refractivity contribution in [2.24, 2.45) is 0 Å². The standard InChI is InChI=1S/C11H13NO2/c1-8-4-5-9(6-7-12)11(14-3)10(8)13-2/h4-5H,6H2,1-3H3. The molecular weight excluding hydrogens is 178 g/mol. The highest BCUT2D eigenvalue weighted by atomic mass is 16.5. The van der Waals surface area contributed by atoms with E-state index in [1.165, 1.54) is 0 Å². The summed E-state index contributed by atoms with van der Waals surface area (Å²) in [5.41, 5.74) is 1.86. The third kappa shape index (κ3) is 1.80. The van der Waals surface area contributed by atoms with Gasteiger partial charge in [-0.25, -0.2) is 0 Å². The van der Waals surface area contributed by atoms with Crippen molar-refractivity contribution < 1.29 is 9.47 Å². The summed E-state index contributed by atoms with van der Waals surface area (Å²) in [4.78, 5) is 0. The fourth-order valence-electron chi connectivity index (χ4n) is 1.40. The molecule has 0 N–H and O–H groups in total. The number of ether oxygens (including phenoxy) is 2. The maximum atomic E-state index is 8.63. The summed E-state index contributed by atoms with van der Waals surface area (Å²) in [5.74, 6) is 1.37. The largest absolute Gasteiger partial charge is 0.493 e. The Kier molecular flexibility index (Phi) is 3.35. The van der Waals surface area contributed by atoms with Crippen molar-refractivity contribution in [1.82, 2.24) is 0 Å². The van der Waals surface area contributed by atoms with Gasteiger partial charge in [0.05, 0.1) is 26.7 Å². The molecule has 0 saturated heterocycles. The molecule has 0 unspecified atom stereocenters. The van der Waals surface area contributed by atoms with Crippen molar-refractivity contribution in [3.63, 3.8) is 0 Å². The number of nitrogens with zero attached hydrogens (tertiary/aromatic N) is 1. The van der Waals surface area contributed by atoms with Gasteiger partial charge in [-0.1, -0.05) is 12.1 Å². The third-order valence-electron chi connectivity index (χ3n) is 2.07. The maximum Gasteiger partial charge on any atom is 0.165 e. The number of benzene rings is 1. The lowest BCUT2D eigenvalue weighted by atomic mass is 10.1. The molecule has 3 heteroatoms. The summed E-state index contributed by atoms with van der Waals surface area (Å²) in [5, 5.41) is 8.63. The molecule has 0 heterocycles. The molecule has 0 aliphatic carbocycles. The van der Waals surface area contributed by atoms with Crippen LogP contribution in [0.5, 0.6) is 11.5 Å². The molecule has 0 aromatic heterocycles. The molecule has 0 radical (unpaired) electrons. The first-order valence-electron chi connectivity index (χ1n) is 4.32. The summed E-state index contributed by atoms with van der Waals surface area (Å²) in [6, 6.07) is 5.91. The predicted molar refractivity (Wildman–Crippen MR) is 53.6 cm³/mol. The van der Waals surface area contributed by atoms with E-state index in [2.05, 4.69) is 6.07 Å². The predicted octanol–water partition coefficient (Wildman–Crippen LogP) is 2.08. The minimum Gasteiger partial charge on any atom is -0.493 e. The Hall–Kier alpha value is -1.69. The molecule has 74 valence electrons. The van der Waals surface area contributed by atoms with E-state index in [0.29, 0.717) is 17.9 Å². The van der Waals surface area contributed by atoms with Crippen LogP contribution >= 0.6 is 0 Å². The third-order valence-corrected chi connectivity index (χ3v) is 2.07. The zero-order valence-corrected chi connectivity index (χ0v) is 8.63. The minimum atomic E-state index is 0.333. The van der Waals surface area contributed by atoms with Crippen molar-refractivity contribution in [3.8, 4) is 17.6 Å². The molecule has 3 nitrogen and oxygen atoms in total. The number of nitriles is 1. The summed E-state index contributed by atoms with van der Waals surface area (Å²) >= 11 is 0. The Morgan fingerprint density at radius 3 is 2.36 bits per heavy atom. The van der Waals surface area contributed by atoms with E-state index < -0.39 is 0 Å². The fourth-order valence-corrected chi connectivity index (χ4v) is 1.40. The van der Waals surface area contributed by atoms with Crippen LogP contribution < -0.4 is 9.47 Å². The van der Waals surface area contributed by atoms with Gasteiger partial charge in [0.2, 0.25) is 0 Å². The lowest BCUT2D eigenvalue weighted by Gasteiger charge is -2.13. The van der Waals surface area contributed by atoms with Gasteiger partial charge < -0.3 is 9.47 Å². The van der Waals surface area contributed by atoms with Crippen LogP contribution in [0.3, 0.4) is 0 Å². The zero-order chi connectivity index (χ0) is 10.6. The average Bonchev–Trinajstić information content (AvgIpc) is 2.20. The number of methoxy groups -OCH3 is 2. The molecule has 0 aliphatic heterocycles. The highest BCUT2D eigenvalue weighted by Crippen LogP contribution is 2.34. The monoisotopic (exact) mass is 191 g/mol. The second-order valence-corrected chi connectivity index (χ2v) is 2.94. The normalized spacial score (nSPS) is 9.29. The highest BCUT2D eigenvalue weighted by molar-refractivity contribution is 5.52. The average molecular weight is 191 g/mol. The van der Waals surface area contributed by atoms with Crippen LogP contribution in [0.2, 0.25) is 0 Å². The Morgan fingerprint density at radius 2 is 1.86 bits per heavy atom. The van der Waals surface area contributed by atoms with Crippen LogP contribution in [-0.2, 0) is 6.42 Å². The van der Waals surface area contributed by atoms with E-state index in [4.69, 9.17) is 14.7 Å². The summed E-state index contributed by atoms with van der Waals surface area (Å²) in [6.07, 6.45) is 0.333. The van der Waals surface area contributed by atoms with Crippen molar-refractivity contribution in [3.05, 3.63) is 23.3 Å². The summed E-state index contributed by atoms with van der Waals surface area (Å²) < 4.78 is 10.4. The molecule has 1 rings (SSSR count). The van der Waals surface area contributed by atoms with E-state index >= 15 is 0 Å². The molecule has 0 fully saturated rings. The number of rotatable bonds is 3. The molecule has 14 heavy (non-hydrogen) atoms. The Labute approximate surface area is 83.9 Å². The first-order valence-corrected chi connectivity index (χ1v) is 4.32. The van der Waals surface area contributed by atoms with Gasteiger partial charge in [0, 0.05) is 5.56 Å². The molecule has 0 saturated carbocycles. The van der Waals surface area contributed by atoms with Gasteiger partial charge in [0.25, 0.3) is 0 Å². The van der Waals surface area contributed by atoms with Gasteiger partial charge in [0.1, 0.15) is 0 Å². The first-order chi connectivity index (χ1) is 6.74. The lowest BCUT2D eigenvalue weighted by molar-refractivity contribution is 0.350. The summed E-state index contributed by atoms with van der Waals surface area (Å²) in [7, 11) is 3.18. The van der Waals surface area contributed by atoms with Gasteiger partial charge in [-0.2, -0.15) is 5.26 Å². The number of hydrogen-bond donors (Lipinski definition) is 0. The molecule has 0 aliphatic rings. The molecule has 1 aromatic carbocycles. The van der Waals surface area contributed by atoms with Crippen LogP contribution in [0.25, 0.3) is 0 Å². The molecule has 0 amide bonds. The Morgan fingerprint density at radius 1 is 1.21 bits per heavy atom. The van der Waals surface area contributed by atoms with Crippen LogP contribution in [0.4, 0.5) is 0 Å². The van der Waals surface area contributed by atoms with Crippen molar-refractivity contribution in [1.29, 1.82) is 5.26 Å². The zero-order valence-electron chi connectivity index (χ0n) is 8.63. The van der Waals surface area contributed by atoms with Gasteiger partial charge in [-0.05, 0) is 12.5 Å². The highest BCUT2D eigenvalue weighted by Gasteiger charge is 2.11. The van der Waals surface area contributed by atoms with E-state index in [9.17, 15) is 0 Å². The second-order valence-electron chi connectivity index (χ2n) is 2.94. The van der Waals surface area contributed by atoms with Crippen LogP contribution in [0.1, 0.15) is 11.1 Å². The van der Waals surface area contributed by atoms with Gasteiger partial charge in [0.15, 0.2) is 11.5 Å². The second kappa shape index (κ2) is 4.52. The molecule has 0 bridgehead atoms. The molecule has 0 spiro atoms. The van der Waals surface area contributed by atoms with E-state index in [1.54, 1.807) is 14.2 Å². The van der Waals surface area contributed by atoms with E-state index in [0.717, 1.165) is 11.1 Å². The first kappa shape index (κ1) is 10.4. The van der Waals surface area contributed by atoms with Crippen molar-refractivity contribution in [2.45, 2.75) is 13.3 Å². The van der Waals surface area contributed by atoms with Crippen molar-refractivity contribution >= 4 is 0 Å². The van der Waals surface area contributed by atoms with Crippen LogP contribution in [-0.4, -0.2) is 14.2 Å². The smallest absolute Gasteiger partial charge is 0.165 e.